The van der Waals surface area contributed by atoms with Crippen molar-refractivity contribution in [1.29, 1.82) is 0 Å². The molecule has 7 heteroatoms. The normalized spacial score (nSPS) is 16.9. The van der Waals surface area contributed by atoms with E-state index in [0.717, 1.165) is 24.2 Å². The number of piperazine rings is 1. The summed E-state index contributed by atoms with van der Waals surface area (Å²) in [6, 6.07) is 35.0. The summed E-state index contributed by atoms with van der Waals surface area (Å²) >= 11 is 0. The number of rotatable bonds is 6. The van der Waals surface area contributed by atoms with Crippen LogP contribution in [0.5, 0.6) is 0 Å². The van der Waals surface area contributed by atoms with Crippen LogP contribution in [0.1, 0.15) is 49.0 Å². The first kappa shape index (κ1) is 28.4. The van der Waals surface area contributed by atoms with Crippen LogP contribution >= 0.6 is 0 Å². The first-order chi connectivity index (χ1) is 21.0. The second-order valence-electron chi connectivity index (χ2n) is 11.1. The van der Waals surface area contributed by atoms with E-state index < -0.39 is 12.0 Å². The van der Waals surface area contributed by atoms with Crippen molar-refractivity contribution in [2.24, 2.45) is 0 Å². The molecule has 0 spiro atoms. The highest BCUT2D eigenvalue weighted by Gasteiger charge is 2.36. The number of hydrogen-bond donors (Lipinski definition) is 0. The van der Waals surface area contributed by atoms with E-state index in [4.69, 9.17) is 4.74 Å². The Balaban J connectivity index is 1.13. The van der Waals surface area contributed by atoms with E-state index in [1.54, 1.807) is 29.2 Å². The van der Waals surface area contributed by atoms with Gasteiger partial charge >= 0.3 is 5.97 Å². The maximum absolute atomic E-state index is 13.6. The van der Waals surface area contributed by atoms with Crippen LogP contribution in [-0.4, -0.2) is 71.8 Å². The van der Waals surface area contributed by atoms with Gasteiger partial charge < -0.3 is 14.5 Å². The molecule has 2 aliphatic heterocycles. The fourth-order valence-corrected chi connectivity index (χ4v) is 6.25. The van der Waals surface area contributed by atoms with Gasteiger partial charge in [-0.2, -0.15) is 0 Å². The van der Waals surface area contributed by atoms with E-state index in [1.807, 2.05) is 41.3 Å². The predicted molar refractivity (Wildman–Crippen MR) is 164 cm³/mol. The zero-order chi connectivity index (χ0) is 29.8. The lowest BCUT2D eigenvalue weighted by molar-refractivity contribution is -0.146. The van der Waals surface area contributed by atoms with Crippen molar-refractivity contribution >= 4 is 17.8 Å². The second-order valence-corrected chi connectivity index (χ2v) is 11.1. The maximum atomic E-state index is 13.6. The van der Waals surface area contributed by atoms with Crippen molar-refractivity contribution in [1.82, 2.24) is 14.7 Å². The van der Waals surface area contributed by atoms with E-state index in [0.29, 0.717) is 37.2 Å². The van der Waals surface area contributed by atoms with Gasteiger partial charge in [-0.05, 0) is 46.5 Å². The van der Waals surface area contributed by atoms with Gasteiger partial charge in [0.15, 0.2) is 0 Å². The van der Waals surface area contributed by atoms with Gasteiger partial charge in [-0.3, -0.25) is 14.5 Å². The number of nitrogens with zero attached hydrogens (tertiary/aromatic N) is 3. The molecule has 2 heterocycles. The molecule has 1 fully saturated rings. The third-order valence-electron chi connectivity index (χ3n) is 8.56. The Morgan fingerprint density at radius 2 is 1.16 bits per heavy atom. The molecule has 1 unspecified atom stereocenters. The SMILES string of the molecule is COC(=O)C1Cc2ccccc2CN1C(=O)c1ccc(C(=O)N2CCN(C(c3ccccc3)c3ccccc3)CC2)cc1. The number of carbonyl (C=O) groups is 3. The number of fused-ring (bicyclic) bond motifs is 1. The highest BCUT2D eigenvalue weighted by atomic mass is 16.5. The first-order valence-corrected chi connectivity index (χ1v) is 14.7. The van der Waals surface area contributed by atoms with Crippen molar-refractivity contribution in [2.75, 3.05) is 33.3 Å². The molecule has 0 aliphatic carbocycles. The molecule has 2 aliphatic rings. The summed E-state index contributed by atoms with van der Waals surface area (Å²) in [5.74, 6) is -0.741. The number of ether oxygens (including phenoxy) is 1. The number of benzene rings is 4. The molecule has 6 rings (SSSR count). The Hall–Kier alpha value is -4.75. The van der Waals surface area contributed by atoms with Gasteiger partial charge in [-0.1, -0.05) is 84.9 Å². The lowest BCUT2D eigenvalue weighted by Crippen LogP contribution is -2.50. The van der Waals surface area contributed by atoms with E-state index >= 15 is 0 Å². The number of esters is 1. The van der Waals surface area contributed by atoms with Crippen molar-refractivity contribution in [3.8, 4) is 0 Å². The number of hydrogen-bond acceptors (Lipinski definition) is 5. The van der Waals surface area contributed by atoms with Crippen molar-refractivity contribution in [3.63, 3.8) is 0 Å². The van der Waals surface area contributed by atoms with Gasteiger partial charge in [-0.15, -0.1) is 0 Å². The largest absolute Gasteiger partial charge is 0.467 e. The minimum Gasteiger partial charge on any atom is -0.467 e. The molecule has 2 amide bonds. The third-order valence-corrected chi connectivity index (χ3v) is 8.56. The van der Waals surface area contributed by atoms with Crippen LogP contribution in [0.25, 0.3) is 0 Å². The van der Waals surface area contributed by atoms with Crippen LogP contribution in [0.4, 0.5) is 0 Å². The maximum Gasteiger partial charge on any atom is 0.328 e. The summed E-state index contributed by atoms with van der Waals surface area (Å²) in [6.07, 6.45) is 0.409. The van der Waals surface area contributed by atoms with Crippen molar-refractivity contribution in [3.05, 3.63) is 143 Å². The van der Waals surface area contributed by atoms with Crippen LogP contribution in [-0.2, 0) is 22.5 Å². The molecular weight excluding hydrogens is 538 g/mol. The van der Waals surface area contributed by atoms with E-state index in [2.05, 4.69) is 53.4 Å². The molecule has 4 aromatic carbocycles. The molecule has 1 atom stereocenters. The molecule has 0 radical (unpaired) electrons. The average Bonchev–Trinajstić information content (AvgIpc) is 3.08. The van der Waals surface area contributed by atoms with Gasteiger partial charge in [0.05, 0.1) is 13.2 Å². The van der Waals surface area contributed by atoms with Gasteiger partial charge in [0.2, 0.25) is 0 Å². The smallest absolute Gasteiger partial charge is 0.328 e. The Labute approximate surface area is 252 Å². The van der Waals surface area contributed by atoms with E-state index in [-0.39, 0.29) is 17.9 Å². The lowest BCUT2D eigenvalue weighted by atomic mass is 9.93. The van der Waals surface area contributed by atoms with Crippen LogP contribution in [0.2, 0.25) is 0 Å². The summed E-state index contributed by atoms with van der Waals surface area (Å²) < 4.78 is 5.02. The monoisotopic (exact) mass is 573 g/mol. The Morgan fingerprint density at radius 3 is 1.72 bits per heavy atom. The molecule has 0 saturated carbocycles. The molecule has 43 heavy (non-hydrogen) atoms. The Morgan fingerprint density at radius 1 is 0.651 bits per heavy atom. The van der Waals surface area contributed by atoms with Crippen molar-refractivity contribution in [2.45, 2.75) is 25.0 Å². The molecule has 0 aromatic heterocycles. The molecule has 0 N–H and O–H groups in total. The summed E-state index contributed by atoms with van der Waals surface area (Å²) in [6.45, 7) is 3.06. The quantitative estimate of drug-likeness (QED) is 0.305. The molecule has 218 valence electrons. The highest BCUT2D eigenvalue weighted by Crippen LogP contribution is 2.30. The predicted octanol–water partition coefficient (Wildman–Crippen LogP) is 4.97. The number of amides is 2. The summed E-state index contributed by atoms with van der Waals surface area (Å²) in [7, 11) is 1.34. The minimum absolute atomic E-state index is 0.0473. The summed E-state index contributed by atoms with van der Waals surface area (Å²) in [5, 5.41) is 0. The van der Waals surface area contributed by atoms with Crippen LogP contribution < -0.4 is 0 Å². The Bertz CT molecular complexity index is 1540. The number of methoxy groups -OCH3 is 1. The minimum atomic E-state index is -0.694. The van der Waals surface area contributed by atoms with Gasteiger partial charge in [0.1, 0.15) is 6.04 Å². The van der Waals surface area contributed by atoms with Crippen LogP contribution in [0.15, 0.2) is 109 Å². The van der Waals surface area contributed by atoms with Gasteiger partial charge in [-0.25, -0.2) is 4.79 Å². The first-order valence-electron chi connectivity index (χ1n) is 14.7. The standard InChI is InChI=1S/C36H35N3O4/c1-43-36(42)32-24-30-14-8-9-15-31(30)25-39(32)35(41)29-18-16-28(17-19-29)34(40)38-22-20-37(21-23-38)33(26-10-4-2-5-11-26)27-12-6-3-7-13-27/h2-19,32-33H,20-25H2,1H3. The van der Waals surface area contributed by atoms with E-state index in [9.17, 15) is 14.4 Å². The molecular formula is C36H35N3O4. The third kappa shape index (κ3) is 5.94. The number of carbonyl (C=O) groups excluding carboxylic acids is 3. The molecule has 0 bridgehead atoms. The van der Waals surface area contributed by atoms with Crippen molar-refractivity contribution < 1.29 is 19.1 Å². The molecule has 4 aromatic rings. The second kappa shape index (κ2) is 12.6. The van der Waals surface area contributed by atoms with Crippen LogP contribution in [0.3, 0.4) is 0 Å². The topological polar surface area (TPSA) is 70.2 Å². The summed E-state index contributed by atoms with van der Waals surface area (Å²) in [5.41, 5.74) is 5.51. The molecule has 7 nitrogen and oxygen atoms in total. The van der Waals surface area contributed by atoms with Gasteiger partial charge in [0.25, 0.3) is 11.8 Å². The fourth-order valence-electron chi connectivity index (χ4n) is 6.25. The average molecular weight is 574 g/mol. The fraction of sp³-hybridized carbons (Fsp3) is 0.250. The van der Waals surface area contributed by atoms with E-state index in [1.165, 1.54) is 18.2 Å². The molecule has 1 saturated heterocycles. The zero-order valence-electron chi connectivity index (χ0n) is 24.3. The zero-order valence-corrected chi connectivity index (χ0v) is 24.3. The lowest BCUT2D eigenvalue weighted by Gasteiger charge is -2.39. The Kier molecular flexibility index (Phi) is 8.34. The van der Waals surface area contributed by atoms with Gasteiger partial charge in [0, 0.05) is 50.3 Å². The highest BCUT2D eigenvalue weighted by molar-refractivity contribution is 5.99. The summed E-state index contributed by atoms with van der Waals surface area (Å²) in [4.78, 5) is 45.5. The van der Waals surface area contributed by atoms with Crippen LogP contribution in [0, 0.1) is 0 Å².